The van der Waals surface area contributed by atoms with Gasteiger partial charge in [0, 0.05) is 0 Å². The molecule has 0 aliphatic heterocycles. The van der Waals surface area contributed by atoms with Crippen LogP contribution in [0.25, 0.3) is 0 Å². The molecule has 0 radical (unpaired) electrons. The first-order chi connectivity index (χ1) is 15.6. The second-order valence-corrected chi connectivity index (χ2v) is 10.9. The number of benzene rings is 2. The number of unbranched alkanes of at least 4 members (excludes halogenated alkanes) is 2. The summed E-state index contributed by atoms with van der Waals surface area (Å²) in [6.45, 7) is 9.34. The molecule has 1 atom stereocenters. The minimum Gasteiger partial charge on any atom is -0.0654 e. The van der Waals surface area contributed by atoms with E-state index in [-0.39, 0.29) is 0 Å². The molecule has 1 fully saturated rings. The van der Waals surface area contributed by atoms with Crippen molar-refractivity contribution in [1.29, 1.82) is 0 Å². The van der Waals surface area contributed by atoms with Crippen molar-refractivity contribution in [3.63, 3.8) is 0 Å². The van der Waals surface area contributed by atoms with Gasteiger partial charge in [-0.1, -0.05) is 115 Å². The first kappa shape index (κ1) is 25.1. The molecule has 1 aliphatic carbocycles. The van der Waals surface area contributed by atoms with Crippen molar-refractivity contribution in [3.8, 4) is 0 Å². The van der Waals surface area contributed by atoms with Gasteiger partial charge in [-0.3, -0.25) is 0 Å². The molecule has 1 unspecified atom stereocenters. The smallest absolute Gasteiger partial charge is 0.00469 e. The van der Waals surface area contributed by atoms with Gasteiger partial charge in [0.25, 0.3) is 0 Å². The molecule has 0 heteroatoms. The van der Waals surface area contributed by atoms with Gasteiger partial charge < -0.3 is 0 Å². The van der Waals surface area contributed by atoms with Gasteiger partial charge in [-0.05, 0) is 84.6 Å². The van der Waals surface area contributed by atoms with Gasteiger partial charge in [-0.25, -0.2) is 0 Å². The van der Waals surface area contributed by atoms with Crippen LogP contribution in [0.4, 0.5) is 0 Å². The van der Waals surface area contributed by atoms with Crippen molar-refractivity contribution < 1.29 is 0 Å². The molecule has 2 aromatic rings. The Balaban J connectivity index is 1.62. The van der Waals surface area contributed by atoms with E-state index < -0.39 is 0 Å². The Morgan fingerprint density at radius 3 is 2.19 bits per heavy atom. The zero-order valence-electron chi connectivity index (χ0n) is 21.5. The lowest BCUT2D eigenvalue weighted by atomic mass is 9.66. The molecule has 0 heterocycles. The molecule has 3 rings (SSSR count). The highest BCUT2D eigenvalue weighted by Crippen LogP contribution is 2.44. The maximum Gasteiger partial charge on any atom is -0.00469 e. The topological polar surface area (TPSA) is 0 Å². The maximum absolute atomic E-state index is 2.56. The average molecular weight is 433 g/mol. The van der Waals surface area contributed by atoms with E-state index in [0.717, 1.165) is 18.8 Å². The monoisotopic (exact) mass is 432 g/mol. The van der Waals surface area contributed by atoms with E-state index in [9.17, 15) is 0 Å². The normalized spacial score (nSPS) is 16.8. The summed E-state index contributed by atoms with van der Waals surface area (Å²) in [7, 11) is 0. The summed E-state index contributed by atoms with van der Waals surface area (Å²) in [5.41, 5.74) is 8.11. The van der Waals surface area contributed by atoms with Gasteiger partial charge in [0.15, 0.2) is 0 Å². The molecular formula is C32H48. The van der Waals surface area contributed by atoms with Crippen molar-refractivity contribution in [2.24, 2.45) is 5.92 Å². The van der Waals surface area contributed by atoms with E-state index in [1.165, 1.54) is 99.3 Å². The van der Waals surface area contributed by atoms with E-state index >= 15 is 0 Å². The lowest BCUT2D eigenvalue weighted by Crippen LogP contribution is -2.29. The van der Waals surface area contributed by atoms with E-state index in [4.69, 9.17) is 0 Å². The van der Waals surface area contributed by atoms with Gasteiger partial charge in [-0.2, -0.15) is 0 Å². The first-order valence-electron chi connectivity index (χ1n) is 13.7. The molecule has 0 nitrogen and oxygen atoms in total. The van der Waals surface area contributed by atoms with Crippen LogP contribution in [0.5, 0.6) is 0 Å². The van der Waals surface area contributed by atoms with Gasteiger partial charge >= 0.3 is 0 Å². The quantitative estimate of drug-likeness (QED) is 0.293. The largest absolute Gasteiger partial charge is 0.0654 e. The van der Waals surface area contributed by atoms with Crippen LogP contribution in [0.1, 0.15) is 119 Å². The summed E-state index contributed by atoms with van der Waals surface area (Å²) in [6, 6.07) is 17.0. The molecule has 1 aliphatic rings. The van der Waals surface area contributed by atoms with Crippen LogP contribution in [0.3, 0.4) is 0 Å². The van der Waals surface area contributed by atoms with Crippen molar-refractivity contribution in [1.82, 2.24) is 0 Å². The second-order valence-electron chi connectivity index (χ2n) is 10.9. The second kappa shape index (κ2) is 12.6. The lowest BCUT2D eigenvalue weighted by molar-refractivity contribution is 0.266. The van der Waals surface area contributed by atoms with Crippen LogP contribution in [0, 0.1) is 12.8 Å². The zero-order chi connectivity index (χ0) is 22.8. The Morgan fingerprint density at radius 1 is 0.812 bits per heavy atom. The molecule has 0 aromatic heterocycles. The molecule has 1 saturated carbocycles. The Hall–Kier alpha value is -1.56. The van der Waals surface area contributed by atoms with Crippen LogP contribution >= 0.6 is 0 Å². The molecule has 2 aromatic carbocycles. The van der Waals surface area contributed by atoms with Crippen molar-refractivity contribution >= 4 is 0 Å². The highest BCUT2D eigenvalue weighted by molar-refractivity contribution is 5.36. The minimum atomic E-state index is 0.460. The Bertz CT molecular complexity index is 791. The van der Waals surface area contributed by atoms with Crippen molar-refractivity contribution in [3.05, 3.63) is 70.3 Å². The molecule has 176 valence electrons. The number of aryl methyl sites for hydroxylation is 3. The van der Waals surface area contributed by atoms with Gasteiger partial charge in [-0.15, -0.1) is 0 Å². The Morgan fingerprint density at radius 2 is 1.53 bits per heavy atom. The predicted octanol–water partition coefficient (Wildman–Crippen LogP) is 9.54. The Kier molecular flexibility index (Phi) is 9.89. The van der Waals surface area contributed by atoms with E-state index in [0.29, 0.717) is 5.41 Å². The SMILES string of the molecule is CCCCCC1(c2ccc(CCc3ccc(CC(C)CCC)cc3)c(C)c2)CCCCC1. The number of rotatable bonds is 12. The van der Waals surface area contributed by atoms with Crippen molar-refractivity contribution in [2.45, 2.75) is 123 Å². The third-order valence-electron chi connectivity index (χ3n) is 8.10. The fourth-order valence-corrected chi connectivity index (χ4v) is 6.05. The highest BCUT2D eigenvalue weighted by atomic mass is 14.4. The zero-order valence-corrected chi connectivity index (χ0v) is 21.5. The molecular weight excluding hydrogens is 384 g/mol. The number of hydrogen-bond acceptors (Lipinski definition) is 0. The molecule has 0 N–H and O–H groups in total. The first-order valence-corrected chi connectivity index (χ1v) is 13.7. The fourth-order valence-electron chi connectivity index (χ4n) is 6.05. The van der Waals surface area contributed by atoms with Crippen molar-refractivity contribution in [2.75, 3.05) is 0 Å². The van der Waals surface area contributed by atoms with E-state index in [1.54, 1.807) is 5.56 Å². The summed E-state index contributed by atoms with van der Waals surface area (Å²) in [6.07, 6.45) is 18.7. The molecule has 0 spiro atoms. The summed E-state index contributed by atoms with van der Waals surface area (Å²) >= 11 is 0. The summed E-state index contributed by atoms with van der Waals surface area (Å²) in [5, 5.41) is 0. The molecule has 0 saturated heterocycles. The highest BCUT2D eigenvalue weighted by Gasteiger charge is 2.33. The van der Waals surface area contributed by atoms with Crippen LogP contribution in [0.2, 0.25) is 0 Å². The predicted molar refractivity (Wildman–Crippen MR) is 142 cm³/mol. The van der Waals surface area contributed by atoms with E-state index in [1.807, 2.05) is 0 Å². The fraction of sp³-hybridized carbons (Fsp3) is 0.625. The summed E-state index contributed by atoms with van der Waals surface area (Å²) < 4.78 is 0. The van der Waals surface area contributed by atoms with Gasteiger partial charge in [0.2, 0.25) is 0 Å². The molecule has 0 bridgehead atoms. The minimum absolute atomic E-state index is 0.460. The summed E-state index contributed by atoms with van der Waals surface area (Å²) in [5.74, 6) is 0.793. The van der Waals surface area contributed by atoms with Gasteiger partial charge in [0.1, 0.15) is 0 Å². The maximum atomic E-state index is 2.56. The van der Waals surface area contributed by atoms with Gasteiger partial charge in [0.05, 0.1) is 0 Å². The standard InChI is InChI=1S/C32H48/c1-5-7-9-21-32(22-10-8-11-23-32)31-20-19-30(27(4)25-31)18-17-28-13-15-29(16-14-28)24-26(3)12-6-2/h13-16,19-20,25-26H,5-12,17-18,21-24H2,1-4H3. The van der Waals surface area contributed by atoms with Crippen LogP contribution in [-0.2, 0) is 24.7 Å². The van der Waals surface area contributed by atoms with Crippen LogP contribution < -0.4 is 0 Å². The third kappa shape index (κ3) is 6.97. The number of hydrogen-bond donors (Lipinski definition) is 0. The van der Waals surface area contributed by atoms with Crippen LogP contribution in [-0.4, -0.2) is 0 Å². The third-order valence-corrected chi connectivity index (χ3v) is 8.10. The van der Waals surface area contributed by atoms with E-state index in [2.05, 4.69) is 70.2 Å². The Labute approximate surface area is 199 Å². The average Bonchev–Trinajstić information content (AvgIpc) is 2.80. The van der Waals surface area contributed by atoms with Crippen LogP contribution in [0.15, 0.2) is 42.5 Å². The summed E-state index contributed by atoms with van der Waals surface area (Å²) in [4.78, 5) is 0. The lowest BCUT2D eigenvalue weighted by Gasteiger charge is -2.38. The molecule has 0 amide bonds. The molecule has 32 heavy (non-hydrogen) atoms.